The van der Waals surface area contributed by atoms with Crippen LogP contribution in [0.2, 0.25) is 0 Å². The zero-order valence-electron chi connectivity index (χ0n) is 16.1. The van der Waals surface area contributed by atoms with Gasteiger partial charge in [-0.3, -0.25) is 14.7 Å². The largest absolute Gasteiger partial charge is 0.497 e. The fourth-order valence-corrected chi connectivity index (χ4v) is 3.93. The number of pyridine rings is 1. The molecule has 4 rings (SSSR count). The average molecular weight is 375 g/mol. The number of methoxy groups -OCH3 is 1. The Hall–Kier alpha value is -2.92. The first-order chi connectivity index (χ1) is 13.8. The van der Waals surface area contributed by atoms with Crippen molar-refractivity contribution in [2.75, 3.05) is 26.7 Å². The summed E-state index contributed by atoms with van der Waals surface area (Å²) < 4.78 is 5.40. The van der Waals surface area contributed by atoms with Crippen LogP contribution in [0.4, 0.5) is 0 Å². The SMILES string of the molecule is COc1cccc(C(CNC(=O)c2cccc3cccnc23)N2CCCC2)c1. The topological polar surface area (TPSA) is 54.5 Å². The first-order valence-corrected chi connectivity index (χ1v) is 9.76. The maximum absolute atomic E-state index is 12.9. The van der Waals surface area contributed by atoms with Crippen LogP contribution in [-0.2, 0) is 0 Å². The first kappa shape index (κ1) is 18.4. The second kappa shape index (κ2) is 8.40. The van der Waals surface area contributed by atoms with Gasteiger partial charge in [0.05, 0.1) is 24.2 Å². The second-order valence-corrected chi connectivity index (χ2v) is 7.13. The van der Waals surface area contributed by atoms with Crippen LogP contribution in [0.5, 0.6) is 5.75 Å². The van der Waals surface area contributed by atoms with Gasteiger partial charge >= 0.3 is 0 Å². The molecule has 2 aromatic carbocycles. The summed E-state index contributed by atoms with van der Waals surface area (Å²) in [5, 5.41) is 4.11. The van der Waals surface area contributed by atoms with Crippen molar-refractivity contribution in [3.63, 3.8) is 0 Å². The summed E-state index contributed by atoms with van der Waals surface area (Å²) in [6.07, 6.45) is 4.12. The van der Waals surface area contributed by atoms with Crippen LogP contribution in [0.15, 0.2) is 60.8 Å². The Morgan fingerprint density at radius 1 is 1.14 bits per heavy atom. The van der Waals surface area contributed by atoms with Gasteiger partial charge in [0.25, 0.3) is 5.91 Å². The van der Waals surface area contributed by atoms with E-state index in [9.17, 15) is 4.79 Å². The lowest BCUT2D eigenvalue weighted by atomic mass is 10.0. The van der Waals surface area contributed by atoms with E-state index in [0.29, 0.717) is 12.1 Å². The van der Waals surface area contributed by atoms with E-state index >= 15 is 0 Å². The van der Waals surface area contributed by atoms with Crippen molar-refractivity contribution >= 4 is 16.8 Å². The molecule has 1 aliphatic heterocycles. The fourth-order valence-electron chi connectivity index (χ4n) is 3.93. The smallest absolute Gasteiger partial charge is 0.253 e. The Bertz CT molecular complexity index is 961. The van der Waals surface area contributed by atoms with Crippen molar-refractivity contribution in [1.82, 2.24) is 15.2 Å². The summed E-state index contributed by atoms with van der Waals surface area (Å²) in [6, 6.07) is 17.8. The normalized spacial score (nSPS) is 15.5. The van der Waals surface area contributed by atoms with Gasteiger partial charge in [-0.2, -0.15) is 0 Å². The van der Waals surface area contributed by atoms with Crippen LogP contribution in [0, 0.1) is 0 Å². The molecule has 0 aliphatic carbocycles. The minimum Gasteiger partial charge on any atom is -0.497 e. The van der Waals surface area contributed by atoms with E-state index in [0.717, 1.165) is 35.3 Å². The molecule has 5 nitrogen and oxygen atoms in total. The maximum Gasteiger partial charge on any atom is 0.253 e. The van der Waals surface area contributed by atoms with Gasteiger partial charge in [-0.05, 0) is 55.8 Å². The van der Waals surface area contributed by atoms with Crippen LogP contribution < -0.4 is 10.1 Å². The molecule has 28 heavy (non-hydrogen) atoms. The van der Waals surface area contributed by atoms with Crippen molar-refractivity contribution in [2.24, 2.45) is 0 Å². The number of aromatic nitrogens is 1. The number of para-hydroxylation sites is 1. The number of benzene rings is 2. The number of carbonyl (C=O) groups is 1. The summed E-state index contributed by atoms with van der Waals surface area (Å²) in [5.74, 6) is 0.752. The summed E-state index contributed by atoms with van der Waals surface area (Å²) in [4.78, 5) is 19.8. The third-order valence-electron chi connectivity index (χ3n) is 5.39. The Morgan fingerprint density at radius 2 is 1.93 bits per heavy atom. The molecule has 2 heterocycles. The zero-order chi connectivity index (χ0) is 19.3. The van der Waals surface area contributed by atoms with Crippen LogP contribution in [-0.4, -0.2) is 42.5 Å². The van der Waals surface area contributed by atoms with Crippen molar-refractivity contribution in [3.05, 3.63) is 71.9 Å². The molecule has 144 valence electrons. The standard InChI is InChI=1S/C23H25N3O2/c1-28-19-10-4-8-18(15-19)21(26-13-2-3-14-26)16-25-23(27)20-11-5-7-17-9-6-12-24-22(17)20/h4-12,15,21H,2-3,13-14,16H2,1H3,(H,25,27). The molecular formula is C23H25N3O2. The zero-order valence-corrected chi connectivity index (χ0v) is 16.1. The second-order valence-electron chi connectivity index (χ2n) is 7.13. The Labute approximate surface area is 165 Å². The summed E-state index contributed by atoms with van der Waals surface area (Å²) >= 11 is 0. The molecule has 0 saturated carbocycles. The Kier molecular flexibility index (Phi) is 5.53. The van der Waals surface area contributed by atoms with E-state index in [1.807, 2.05) is 42.5 Å². The van der Waals surface area contributed by atoms with Crippen molar-refractivity contribution < 1.29 is 9.53 Å². The number of nitrogens with one attached hydrogen (secondary N) is 1. The summed E-state index contributed by atoms with van der Waals surface area (Å²) in [5.41, 5.74) is 2.52. The average Bonchev–Trinajstić information content (AvgIpc) is 3.28. The molecular weight excluding hydrogens is 350 g/mol. The van der Waals surface area contributed by atoms with Crippen molar-refractivity contribution in [1.29, 1.82) is 0 Å². The molecule has 1 aromatic heterocycles. The van der Waals surface area contributed by atoms with Gasteiger partial charge in [0.1, 0.15) is 5.75 Å². The fraction of sp³-hybridized carbons (Fsp3) is 0.304. The van der Waals surface area contributed by atoms with E-state index in [4.69, 9.17) is 4.74 Å². The number of rotatable bonds is 6. The highest BCUT2D eigenvalue weighted by atomic mass is 16.5. The molecule has 3 aromatic rings. The molecule has 0 bridgehead atoms. The van der Waals surface area contributed by atoms with Crippen molar-refractivity contribution in [3.8, 4) is 5.75 Å². The number of amides is 1. The quantitative estimate of drug-likeness (QED) is 0.712. The van der Waals surface area contributed by atoms with E-state index in [1.165, 1.54) is 12.8 Å². The lowest BCUT2D eigenvalue weighted by Gasteiger charge is -2.28. The Morgan fingerprint density at radius 3 is 2.75 bits per heavy atom. The third-order valence-corrected chi connectivity index (χ3v) is 5.39. The van der Waals surface area contributed by atoms with Crippen molar-refractivity contribution in [2.45, 2.75) is 18.9 Å². The molecule has 1 unspecified atom stereocenters. The highest BCUT2D eigenvalue weighted by Gasteiger charge is 2.24. The van der Waals surface area contributed by atoms with Gasteiger partial charge < -0.3 is 10.1 Å². The van der Waals surface area contributed by atoms with Gasteiger partial charge in [-0.25, -0.2) is 0 Å². The van der Waals surface area contributed by atoms with E-state index < -0.39 is 0 Å². The summed E-state index contributed by atoms with van der Waals surface area (Å²) in [7, 11) is 1.68. The molecule has 1 atom stereocenters. The van der Waals surface area contributed by atoms with Crippen LogP contribution in [0.3, 0.4) is 0 Å². The molecule has 0 radical (unpaired) electrons. The molecule has 0 spiro atoms. The maximum atomic E-state index is 12.9. The number of fused-ring (bicyclic) bond motifs is 1. The monoisotopic (exact) mass is 375 g/mol. The molecule has 1 saturated heterocycles. The van der Waals surface area contributed by atoms with E-state index in [-0.39, 0.29) is 11.9 Å². The number of carbonyl (C=O) groups excluding carboxylic acids is 1. The van der Waals surface area contributed by atoms with Gasteiger partial charge in [0.15, 0.2) is 0 Å². The lowest BCUT2D eigenvalue weighted by Crippen LogP contribution is -2.36. The van der Waals surface area contributed by atoms with Crippen LogP contribution in [0.1, 0.15) is 34.8 Å². The van der Waals surface area contributed by atoms with Gasteiger partial charge in [0, 0.05) is 18.1 Å². The number of hydrogen-bond acceptors (Lipinski definition) is 4. The molecule has 1 aliphatic rings. The Balaban J connectivity index is 1.56. The highest BCUT2D eigenvalue weighted by Crippen LogP contribution is 2.27. The van der Waals surface area contributed by atoms with E-state index in [2.05, 4.69) is 27.3 Å². The molecule has 1 fully saturated rings. The molecule has 1 amide bonds. The van der Waals surface area contributed by atoms with Crippen LogP contribution in [0.25, 0.3) is 10.9 Å². The van der Waals surface area contributed by atoms with Gasteiger partial charge in [0.2, 0.25) is 0 Å². The first-order valence-electron chi connectivity index (χ1n) is 9.76. The van der Waals surface area contributed by atoms with E-state index in [1.54, 1.807) is 13.3 Å². The molecule has 1 N–H and O–H groups in total. The third kappa shape index (κ3) is 3.85. The van der Waals surface area contributed by atoms with Gasteiger partial charge in [-0.15, -0.1) is 0 Å². The molecule has 5 heteroatoms. The predicted molar refractivity (Wildman–Crippen MR) is 111 cm³/mol. The number of ether oxygens (including phenoxy) is 1. The number of nitrogens with zero attached hydrogens (tertiary/aromatic N) is 2. The minimum atomic E-state index is -0.0867. The lowest BCUT2D eigenvalue weighted by molar-refractivity contribution is 0.0939. The minimum absolute atomic E-state index is 0.0867. The highest BCUT2D eigenvalue weighted by molar-refractivity contribution is 6.05. The van der Waals surface area contributed by atoms with Crippen LogP contribution >= 0.6 is 0 Å². The predicted octanol–water partition coefficient (Wildman–Crippen LogP) is 3.81. The number of likely N-dealkylation sites (tertiary alicyclic amines) is 1. The summed E-state index contributed by atoms with van der Waals surface area (Å²) in [6.45, 7) is 2.65. The number of hydrogen-bond donors (Lipinski definition) is 1. The van der Waals surface area contributed by atoms with Gasteiger partial charge in [-0.1, -0.05) is 30.3 Å².